The van der Waals surface area contributed by atoms with E-state index in [1.54, 1.807) is 7.11 Å². The van der Waals surface area contributed by atoms with E-state index in [4.69, 9.17) is 21.7 Å². The van der Waals surface area contributed by atoms with Crippen molar-refractivity contribution in [2.24, 2.45) is 0 Å². The molecule has 0 radical (unpaired) electrons. The molecule has 5 heteroatoms. The monoisotopic (exact) mass is 316 g/mol. The summed E-state index contributed by atoms with van der Waals surface area (Å²) >= 11 is 5.21. The Bertz CT molecular complexity index is 610. The van der Waals surface area contributed by atoms with Crippen molar-refractivity contribution in [3.63, 3.8) is 0 Å². The maximum absolute atomic E-state index is 5.77. The summed E-state index contributed by atoms with van der Waals surface area (Å²) in [6, 6.07) is 15.4. The van der Waals surface area contributed by atoms with Gasteiger partial charge in [-0.1, -0.05) is 0 Å². The van der Waals surface area contributed by atoms with Crippen molar-refractivity contribution in [3.8, 4) is 17.2 Å². The van der Waals surface area contributed by atoms with Gasteiger partial charge >= 0.3 is 0 Å². The molecule has 0 aliphatic heterocycles. The Morgan fingerprint density at radius 1 is 0.909 bits per heavy atom. The summed E-state index contributed by atoms with van der Waals surface area (Å²) < 4.78 is 10.9. The van der Waals surface area contributed by atoms with Crippen LogP contribution in [0.2, 0.25) is 0 Å². The van der Waals surface area contributed by atoms with E-state index in [2.05, 4.69) is 10.6 Å². The minimum Gasteiger partial charge on any atom is -0.497 e. The van der Waals surface area contributed by atoms with Gasteiger partial charge in [-0.15, -0.1) is 0 Å². The Balaban J connectivity index is 1.94. The second-order valence-electron chi connectivity index (χ2n) is 5.06. The fourth-order valence-corrected chi connectivity index (χ4v) is 2.17. The van der Waals surface area contributed by atoms with Crippen LogP contribution in [-0.2, 0) is 0 Å². The summed E-state index contributed by atoms with van der Waals surface area (Å²) in [5.41, 5.74) is 0.917. The predicted molar refractivity (Wildman–Crippen MR) is 94.0 cm³/mol. The van der Waals surface area contributed by atoms with Crippen molar-refractivity contribution in [1.82, 2.24) is 5.32 Å². The van der Waals surface area contributed by atoms with Crippen molar-refractivity contribution in [2.45, 2.75) is 19.9 Å². The second-order valence-corrected chi connectivity index (χ2v) is 5.46. The van der Waals surface area contributed by atoms with Gasteiger partial charge in [-0.25, -0.2) is 0 Å². The molecule has 0 amide bonds. The number of rotatable bonds is 5. The van der Waals surface area contributed by atoms with Crippen molar-refractivity contribution >= 4 is 23.0 Å². The molecule has 0 aliphatic carbocycles. The van der Waals surface area contributed by atoms with Crippen molar-refractivity contribution in [2.75, 3.05) is 12.4 Å². The molecule has 0 fully saturated rings. The largest absolute Gasteiger partial charge is 0.497 e. The summed E-state index contributed by atoms with van der Waals surface area (Å²) in [6.07, 6.45) is 0. The highest BCUT2D eigenvalue weighted by Crippen LogP contribution is 2.24. The number of hydrogen-bond acceptors (Lipinski definition) is 3. The van der Waals surface area contributed by atoms with E-state index in [0.29, 0.717) is 11.2 Å². The molecule has 22 heavy (non-hydrogen) atoms. The van der Waals surface area contributed by atoms with Gasteiger partial charge in [-0.05, 0) is 74.6 Å². The number of benzene rings is 2. The SMILES string of the molecule is COc1ccc(Oc2ccc(NC(=S)NC(C)C)cc2)cc1. The van der Waals surface area contributed by atoms with Crippen LogP contribution in [0.15, 0.2) is 48.5 Å². The van der Waals surface area contributed by atoms with Crippen LogP contribution in [0.4, 0.5) is 5.69 Å². The molecule has 4 nitrogen and oxygen atoms in total. The highest BCUT2D eigenvalue weighted by atomic mass is 32.1. The summed E-state index contributed by atoms with van der Waals surface area (Å²) in [4.78, 5) is 0. The number of thiocarbonyl (C=S) groups is 1. The van der Waals surface area contributed by atoms with Gasteiger partial charge in [0.25, 0.3) is 0 Å². The standard InChI is InChI=1S/C17H20N2O2S/c1-12(2)18-17(22)19-13-4-6-15(7-5-13)21-16-10-8-14(20-3)9-11-16/h4-12H,1-3H3,(H2,18,19,22). The smallest absolute Gasteiger partial charge is 0.170 e. The molecular weight excluding hydrogens is 296 g/mol. The highest BCUT2D eigenvalue weighted by molar-refractivity contribution is 7.80. The molecule has 0 aromatic heterocycles. The first-order valence-corrected chi connectivity index (χ1v) is 7.47. The molecule has 0 spiro atoms. The second kappa shape index (κ2) is 7.66. The first-order valence-electron chi connectivity index (χ1n) is 7.06. The Morgan fingerprint density at radius 3 is 1.91 bits per heavy atom. The number of anilines is 1. The topological polar surface area (TPSA) is 42.5 Å². The average Bonchev–Trinajstić information content (AvgIpc) is 2.49. The molecule has 116 valence electrons. The van der Waals surface area contributed by atoms with Crippen LogP contribution in [0, 0.1) is 0 Å². The number of hydrogen-bond donors (Lipinski definition) is 2. The zero-order valence-electron chi connectivity index (χ0n) is 12.9. The average molecular weight is 316 g/mol. The first kappa shape index (κ1) is 16.1. The van der Waals surface area contributed by atoms with E-state index in [-0.39, 0.29) is 0 Å². The fourth-order valence-electron chi connectivity index (χ4n) is 1.82. The van der Waals surface area contributed by atoms with Gasteiger partial charge in [0.1, 0.15) is 17.2 Å². The third-order valence-electron chi connectivity index (χ3n) is 2.83. The Kier molecular flexibility index (Phi) is 5.61. The molecule has 2 aromatic carbocycles. The molecule has 0 bridgehead atoms. The zero-order chi connectivity index (χ0) is 15.9. The van der Waals surface area contributed by atoms with Crippen LogP contribution in [0.25, 0.3) is 0 Å². The van der Waals surface area contributed by atoms with E-state index in [1.165, 1.54) is 0 Å². The molecule has 0 atom stereocenters. The van der Waals surface area contributed by atoms with Crippen LogP contribution in [0.3, 0.4) is 0 Å². The van der Waals surface area contributed by atoms with Gasteiger partial charge in [0, 0.05) is 11.7 Å². The molecule has 2 N–H and O–H groups in total. The van der Waals surface area contributed by atoms with Crippen molar-refractivity contribution < 1.29 is 9.47 Å². The van der Waals surface area contributed by atoms with Crippen molar-refractivity contribution in [1.29, 1.82) is 0 Å². The van der Waals surface area contributed by atoms with Gasteiger partial charge < -0.3 is 20.1 Å². The van der Waals surface area contributed by atoms with Crippen LogP contribution in [0.1, 0.15) is 13.8 Å². The maximum Gasteiger partial charge on any atom is 0.170 e. The molecule has 0 saturated carbocycles. The Labute approximate surface area is 136 Å². The molecule has 0 unspecified atom stereocenters. The van der Waals surface area contributed by atoms with E-state index in [1.807, 2.05) is 62.4 Å². The lowest BCUT2D eigenvalue weighted by molar-refractivity contribution is 0.413. The number of nitrogens with one attached hydrogen (secondary N) is 2. The summed E-state index contributed by atoms with van der Waals surface area (Å²) in [7, 11) is 1.64. The minimum absolute atomic E-state index is 0.303. The molecule has 0 saturated heterocycles. The lowest BCUT2D eigenvalue weighted by Crippen LogP contribution is -2.33. The maximum atomic E-state index is 5.77. The van der Waals surface area contributed by atoms with Gasteiger partial charge in [-0.3, -0.25) is 0 Å². The summed E-state index contributed by atoms with van der Waals surface area (Å²) in [6.45, 7) is 4.08. The van der Waals surface area contributed by atoms with Crippen molar-refractivity contribution in [3.05, 3.63) is 48.5 Å². The van der Waals surface area contributed by atoms with Gasteiger partial charge in [0.15, 0.2) is 5.11 Å². The molecule has 0 aliphatic rings. The Hall–Kier alpha value is -2.27. The lowest BCUT2D eigenvalue weighted by atomic mass is 10.3. The van der Waals surface area contributed by atoms with E-state index in [0.717, 1.165) is 22.9 Å². The van der Waals surface area contributed by atoms with E-state index < -0.39 is 0 Å². The summed E-state index contributed by atoms with van der Waals surface area (Å²) in [5, 5.41) is 6.87. The van der Waals surface area contributed by atoms with Gasteiger partial charge in [-0.2, -0.15) is 0 Å². The normalized spacial score (nSPS) is 10.2. The minimum atomic E-state index is 0.303. The quantitative estimate of drug-likeness (QED) is 0.810. The predicted octanol–water partition coefficient (Wildman–Crippen LogP) is 4.18. The molecular formula is C17H20N2O2S. The summed E-state index contributed by atoms with van der Waals surface area (Å²) in [5.74, 6) is 2.33. The van der Waals surface area contributed by atoms with Crippen LogP contribution < -0.4 is 20.1 Å². The molecule has 0 heterocycles. The molecule has 2 rings (SSSR count). The van der Waals surface area contributed by atoms with E-state index in [9.17, 15) is 0 Å². The Morgan fingerprint density at radius 2 is 1.41 bits per heavy atom. The fraction of sp³-hybridized carbons (Fsp3) is 0.235. The van der Waals surface area contributed by atoms with Gasteiger partial charge in [0.05, 0.1) is 7.11 Å². The first-order chi connectivity index (χ1) is 10.6. The van der Waals surface area contributed by atoms with E-state index >= 15 is 0 Å². The number of ether oxygens (including phenoxy) is 2. The third kappa shape index (κ3) is 4.93. The van der Waals surface area contributed by atoms with Crippen LogP contribution in [-0.4, -0.2) is 18.3 Å². The zero-order valence-corrected chi connectivity index (χ0v) is 13.7. The lowest BCUT2D eigenvalue weighted by Gasteiger charge is -2.13. The molecule has 2 aromatic rings. The van der Waals surface area contributed by atoms with Crippen LogP contribution in [0.5, 0.6) is 17.2 Å². The van der Waals surface area contributed by atoms with Gasteiger partial charge in [0.2, 0.25) is 0 Å². The van der Waals surface area contributed by atoms with Crippen LogP contribution >= 0.6 is 12.2 Å². The third-order valence-corrected chi connectivity index (χ3v) is 3.05. The highest BCUT2D eigenvalue weighted by Gasteiger charge is 2.01. The number of methoxy groups -OCH3 is 1.